The maximum Gasteiger partial charge on any atom is 0.241 e. The molecule has 0 fully saturated rings. The molecule has 1 rings (SSSR count). The van der Waals surface area contributed by atoms with Gasteiger partial charge in [0.2, 0.25) is 10.0 Å². The highest BCUT2D eigenvalue weighted by Gasteiger charge is 2.18. The third-order valence-corrected chi connectivity index (χ3v) is 5.27. The van der Waals surface area contributed by atoms with E-state index in [1.54, 1.807) is 20.1 Å². The van der Waals surface area contributed by atoms with Crippen molar-refractivity contribution in [2.75, 3.05) is 20.3 Å². The van der Waals surface area contributed by atoms with Crippen molar-refractivity contribution in [3.8, 4) is 0 Å². The number of hydrogen-bond acceptors (Lipinski definition) is 5. The Morgan fingerprint density at radius 2 is 2.17 bits per heavy atom. The molecule has 0 spiro atoms. The highest BCUT2D eigenvalue weighted by Crippen LogP contribution is 2.25. The molecular formula is C11H20N2O3S2. The molecule has 104 valence electrons. The van der Waals surface area contributed by atoms with Crippen molar-refractivity contribution in [3.63, 3.8) is 0 Å². The molecule has 1 heterocycles. The van der Waals surface area contributed by atoms with E-state index in [1.807, 2.05) is 0 Å². The lowest BCUT2D eigenvalue weighted by Crippen LogP contribution is -2.25. The summed E-state index contributed by atoms with van der Waals surface area (Å²) in [5, 5.41) is 0. The Hall–Kier alpha value is -0.470. The van der Waals surface area contributed by atoms with Crippen LogP contribution >= 0.6 is 11.3 Å². The van der Waals surface area contributed by atoms with Crippen LogP contribution in [-0.2, 0) is 21.3 Å². The summed E-state index contributed by atoms with van der Waals surface area (Å²) in [6, 6.07) is 1.65. The molecule has 0 bridgehead atoms. The van der Waals surface area contributed by atoms with Gasteiger partial charge in [0.25, 0.3) is 0 Å². The SMILES string of the molecule is COCCCCNS(=O)(=O)c1cc(CN)sc1C. The lowest BCUT2D eigenvalue weighted by molar-refractivity contribution is 0.193. The summed E-state index contributed by atoms with van der Waals surface area (Å²) in [7, 11) is -1.77. The first-order valence-electron chi connectivity index (χ1n) is 5.79. The van der Waals surface area contributed by atoms with Gasteiger partial charge >= 0.3 is 0 Å². The molecule has 7 heteroatoms. The summed E-state index contributed by atoms with van der Waals surface area (Å²) in [4.78, 5) is 2.01. The molecule has 0 aliphatic rings. The molecule has 0 amide bonds. The molecule has 18 heavy (non-hydrogen) atoms. The van der Waals surface area contributed by atoms with Crippen LogP contribution in [0.5, 0.6) is 0 Å². The second-order valence-corrected chi connectivity index (χ2v) is 7.01. The third kappa shape index (κ3) is 4.33. The average Bonchev–Trinajstić information content (AvgIpc) is 2.71. The fourth-order valence-corrected chi connectivity index (χ4v) is 4.13. The molecule has 0 radical (unpaired) electrons. The number of thiophene rings is 1. The van der Waals surface area contributed by atoms with Gasteiger partial charge in [-0.1, -0.05) is 0 Å². The third-order valence-electron chi connectivity index (χ3n) is 2.48. The Labute approximate surface area is 112 Å². The van der Waals surface area contributed by atoms with Crippen LogP contribution in [0.1, 0.15) is 22.6 Å². The maximum absolute atomic E-state index is 12.0. The van der Waals surface area contributed by atoms with E-state index in [2.05, 4.69) is 4.72 Å². The molecule has 0 saturated heterocycles. The van der Waals surface area contributed by atoms with Crippen molar-refractivity contribution in [3.05, 3.63) is 15.8 Å². The minimum Gasteiger partial charge on any atom is -0.385 e. The molecule has 0 aromatic carbocycles. The van der Waals surface area contributed by atoms with Crippen LogP contribution in [0.3, 0.4) is 0 Å². The van der Waals surface area contributed by atoms with Gasteiger partial charge in [-0.05, 0) is 25.8 Å². The fraction of sp³-hybridized carbons (Fsp3) is 0.636. The first kappa shape index (κ1) is 15.6. The van der Waals surface area contributed by atoms with Gasteiger partial charge in [0.1, 0.15) is 0 Å². The summed E-state index contributed by atoms with van der Waals surface area (Å²) in [5.41, 5.74) is 5.51. The zero-order chi connectivity index (χ0) is 13.6. The number of sulfonamides is 1. The predicted octanol–water partition coefficient (Wildman–Crippen LogP) is 1.22. The van der Waals surface area contributed by atoms with Crippen LogP contribution in [-0.4, -0.2) is 28.7 Å². The Bertz CT molecular complexity index is 469. The molecule has 0 atom stereocenters. The van der Waals surface area contributed by atoms with Gasteiger partial charge in [0.05, 0.1) is 4.90 Å². The van der Waals surface area contributed by atoms with Crippen molar-refractivity contribution in [1.29, 1.82) is 0 Å². The van der Waals surface area contributed by atoms with E-state index in [0.717, 1.165) is 22.6 Å². The molecule has 0 aliphatic heterocycles. The molecule has 0 saturated carbocycles. The summed E-state index contributed by atoms with van der Waals surface area (Å²) in [6.45, 7) is 3.24. The zero-order valence-electron chi connectivity index (χ0n) is 10.7. The topological polar surface area (TPSA) is 81.4 Å². The van der Waals surface area contributed by atoms with Crippen LogP contribution in [0.25, 0.3) is 0 Å². The molecule has 1 aromatic rings. The van der Waals surface area contributed by atoms with E-state index < -0.39 is 10.0 Å². The van der Waals surface area contributed by atoms with E-state index in [9.17, 15) is 8.42 Å². The monoisotopic (exact) mass is 292 g/mol. The average molecular weight is 292 g/mol. The first-order valence-corrected chi connectivity index (χ1v) is 8.09. The second kappa shape index (κ2) is 7.20. The number of rotatable bonds is 8. The molecule has 3 N–H and O–H groups in total. The molecule has 1 aromatic heterocycles. The highest BCUT2D eigenvalue weighted by molar-refractivity contribution is 7.89. The Kier molecular flexibility index (Phi) is 6.24. The summed E-state index contributed by atoms with van der Waals surface area (Å²) in [6.07, 6.45) is 1.61. The first-order chi connectivity index (χ1) is 8.51. The van der Waals surface area contributed by atoms with Crippen molar-refractivity contribution in [1.82, 2.24) is 4.72 Å². The van der Waals surface area contributed by atoms with Crippen molar-refractivity contribution < 1.29 is 13.2 Å². The normalized spacial score (nSPS) is 11.9. The van der Waals surface area contributed by atoms with Crippen LogP contribution in [0.2, 0.25) is 0 Å². The number of nitrogens with one attached hydrogen (secondary N) is 1. The number of nitrogens with two attached hydrogens (primary N) is 1. The molecule has 0 aliphatic carbocycles. The highest BCUT2D eigenvalue weighted by atomic mass is 32.2. The van der Waals surface area contributed by atoms with Crippen LogP contribution in [0.15, 0.2) is 11.0 Å². The number of ether oxygens (including phenoxy) is 1. The van der Waals surface area contributed by atoms with E-state index in [1.165, 1.54) is 11.3 Å². The zero-order valence-corrected chi connectivity index (χ0v) is 12.4. The van der Waals surface area contributed by atoms with Crippen molar-refractivity contribution in [2.45, 2.75) is 31.2 Å². The van der Waals surface area contributed by atoms with Gasteiger partial charge in [-0.2, -0.15) is 0 Å². The van der Waals surface area contributed by atoms with Gasteiger partial charge in [0.15, 0.2) is 0 Å². The number of aryl methyl sites for hydroxylation is 1. The quantitative estimate of drug-likeness (QED) is 0.706. The van der Waals surface area contributed by atoms with E-state index in [0.29, 0.717) is 24.6 Å². The fourth-order valence-electron chi connectivity index (χ4n) is 1.55. The molecule has 5 nitrogen and oxygen atoms in total. The Balaban J connectivity index is 2.60. The van der Waals surface area contributed by atoms with Crippen molar-refractivity contribution in [2.24, 2.45) is 5.73 Å². The second-order valence-electron chi connectivity index (χ2n) is 3.93. The van der Waals surface area contributed by atoms with E-state index in [-0.39, 0.29) is 0 Å². The molecular weight excluding hydrogens is 272 g/mol. The Morgan fingerprint density at radius 1 is 1.44 bits per heavy atom. The van der Waals surface area contributed by atoms with Gasteiger partial charge in [-0.15, -0.1) is 11.3 Å². The number of methoxy groups -OCH3 is 1. The maximum atomic E-state index is 12.0. The van der Waals surface area contributed by atoms with Gasteiger partial charge < -0.3 is 10.5 Å². The lowest BCUT2D eigenvalue weighted by atomic mass is 10.3. The van der Waals surface area contributed by atoms with Crippen LogP contribution in [0.4, 0.5) is 0 Å². The predicted molar refractivity (Wildman–Crippen MR) is 73.2 cm³/mol. The minimum atomic E-state index is -3.40. The summed E-state index contributed by atoms with van der Waals surface area (Å²) < 4.78 is 31.6. The van der Waals surface area contributed by atoms with Crippen molar-refractivity contribution >= 4 is 21.4 Å². The standard InChI is InChI=1S/C11H20N2O3S2/c1-9-11(7-10(8-12)17-9)18(14,15)13-5-3-4-6-16-2/h7,13H,3-6,8,12H2,1-2H3. The van der Waals surface area contributed by atoms with Crippen LogP contribution < -0.4 is 10.5 Å². The lowest BCUT2D eigenvalue weighted by Gasteiger charge is -2.05. The van der Waals surface area contributed by atoms with Crippen LogP contribution in [0, 0.1) is 6.92 Å². The molecule has 0 unspecified atom stereocenters. The van der Waals surface area contributed by atoms with E-state index >= 15 is 0 Å². The smallest absolute Gasteiger partial charge is 0.241 e. The van der Waals surface area contributed by atoms with Gasteiger partial charge in [-0.25, -0.2) is 13.1 Å². The summed E-state index contributed by atoms with van der Waals surface area (Å²) >= 11 is 1.42. The number of unbranched alkanes of at least 4 members (excludes halogenated alkanes) is 1. The summed E-state index contributed by atoms with van der Waals surface area (Å²) in [5.74, 6) is 0. The largest absolute Gasteiger partial charge is 0.385 e. The van der Waals surface area contributed by atoms with Gasteiger partial charge in [-0.3, -0.25) is 0 Å². The number of hydrogen-bond donors (Lipinski definition) is 2. The minimum absolute atomic E-state index is 0.347. The Morgan fingerprint density at radius 3 is 2.72 bits per heavy atom. The van der Waals surface area contributed by atoms with E-state index in [4.69, 9.17) is 10.5 Å². The van der Waals surface area contributed by atoms with Gasteiger partial charge in [0, 0.05) is 36.6 Å².